The van der Waals surface area contributed by atoms with Gasteiger partial charge in [0.05, 0.1) is 35.3 Å². The average Bonchev–Trinajstić information content (AvgIpc) is 2.50. The standard InChI is InChI=1S/C16H12ClN3O2/c17-14-4-2-1-3-13(14)16(21)20-9-12(10-20)22-15-7-11(8-18)5-6-19-15/h1-7,12H,9-10H2. The lowest BCUT2D eigenvalue weighted by Crippen LogP contribution is -2.56. The van der Waals surface area contributed by atoms with Crippen LogP contribution in [0.15, 0.2) is 42.6 Å². The Hall–Kier alpha value is -2.58. The number of nitrogens with zero attached hydrogens (tertiary/aromatic N) is 3. The quantitative estimate of drug-likeness (QED) is 0.873. The molecule has 0 radical (unpaired) electrons. The molecule has 1 saturated heterocycles. The van der Waals surface area contributed by atoms with Gasteiger partial charge in [0, 0.05) is 12.3 Å². The number of nitriles is 1. The van der Waals surface area contributed by atoms with Crippen molar-refractivity contribution in [2.75, 3.05) is 13.1 Å². The van der Waals surface area contributed by atoms with Crippen LogP contribution in [0.2, 0.25) is 5.02 Å². The van der Waals surface area contributed by atoms with Crippen LogP contribution in [-0.4, -0.2) is 35.0 Å². The molecule has 1 amide bonds. The van der Waals surface area contributed by atoms with Crippen molar-refractivity contribution in [1.29, 1.82) is 5.26 Å². The van der Waals surface area contributed by atoms with Crippen LogP contribution >= 0.6 is 11.6 Å². The lowest BCUT2D eigenvalue weighted by atomic mass is 10.1. The van der Waals surface area contributed by atoms with Crippen molar-refractivity contribution in [3.8, 4) is 11.9 Å². The van der Waals surface area contributed by atoms with Gasteiger partial charge in [-0.05, 0) is 18.2 Å². The smallest absolute Gasteiger partial charge is 0.255 e. The molecule has 0 unspecified atom stereocenters. The number of aromatic nitrogens is 1. The molecule has 6 heteroatoms. The highest BCUT2D eigenvalue weighted by atomic mass is 35.5. The number of rotatable bonds is 3. The largest absolute Gasteiger partial charge is 0.471 e. The van der Waals surface area contributed by atoms with E-state index in [1.807, 2.05) is 6.07 Å². The van der Waals surface area contributed by atoms with Crippen LogP contribution in [0.5, 0.6) is 5.88 Å². The van der Waals surface area contributed by atoms with Crippen LogP contribution in [0, 0.1) is 11.3 Å². The number of benzene rings is 1. The third kappa shape index (κ3) is 2.87. The average molecular weight is 314 g/mol. The molecule has 0 atom stereocenters. The van der Waals surface area contributed by atoms with Crippen molar-refractivity contribution in [3.63, 3.8) is 0 Å². The monoisotopic (exact) mass is 313 g/mol. The normalized spacial score (nSPS) is 14.1. The van der Waals surface area contributed by atoms with E-state index in [1.165, 1.54) is 6.20 Å². The number of ether oxygens (including phenoxy) is 1. The second-order valence-corrected chi connectivity index (χ2v) is 5.33. The number of hydrogen-bond acceptors (Lipinski definition) is 4. The second kappa shape index (κ2) is 6.04. The van der Waals surface area contributed by atoms with Crippen LogP contribution in [0.1, 0.15) is 15.9 Å². The molecule has 1 aromatic carbocycles. The fraction of sp³-hybridized carbons (Fsp3) is 0.188. The summed E-state index contributed by atoms with van der Waals surface area (Å²) in [5.41, 5.74) is 0.987. The molecule has 1 aromatic heterocycles. The maximum atomic E-state index is 12.3. The molecule has 0 bridgehead atoms. The van der Waals surface area contributed by atoms with Gasteiger partial charge in [0.1, 0.15) is 6.10 Å². The molecule has 0 aliphatic carbocycles. The number of halogens is 1. The predicted octanol–water partition coefficient (Wildman–Crippen LogP) is 2.51. The highest BCUT2D eigenvalue weighted by Crippen LogP contribution is 2.22. The molecule has 2 heterocycles. The van der Waals surface area contributed by atoms with Crippen molar-refractivity contribution >= 4 is 17.5 Å². The maximum Gasteiger partial charge on any atom is 0.255 e. The lowest BCUT2D eigenvalue weighted by Gasteiger charge is -2.38. The van der Waals surface area contributed by atoms with Gasteiger partial charge in [-0.2, -0.15) is 5.26 Å². The highest BCUT2D eigenvalue weighted by Gasteiger charge is 2.33. The van der Waals surface area contributed by atoms with Crippen LogP contribution in [0.4, 0.5) is 0 Å². The van der Waals surface area contributed by atoms with Crippen molar-refractivity contribution in [2.24, 2.45) is 0 Å². The molecule has 1 aliphatic heterocycles. The van der Waals surface area contributed by atoms with E-state index in [1.54, 1.807) is 41.3 Å². The first-order valence-electron chi connectivity index (χ1n) is 6.74. The maximum absolute atomic E-state index is 12.3. The fourth-order valence-electron chi connectivity index (χ4n) is 2.20. The van der Waals surface area contributed by atoms with Crippen molar-refractivity contribution in [1.82, 2.24) is 9.88 Å². The summed E-state index contributed by atoms with van der Waals surface area (Å²) in [6.07, 6.45) is 1.41. The third-order valence-electron chi connectivity index (χ3n) is 3.39. The summed E-state index contributed by atoms with van der Waals surface area (Å²) in [5.74, 6) is 0.290. The van der Waals surface area contributed by atoms with Crippen LogP contribution in [-0.2, 0) is 0 Å². The van der Waals surface area contributed by atoms with Crippen LogP contribution in [0.25, 0.3) is 0 Å². The van der Waals surface area contributed by atoms with E-state index in [-0.39, 0.29) is 12.0 Å². The highest BCUT2D eigenvalue weighted by molar-refractivity contribution is 6.33. The molecule has 0 saturated carbocycles. The number of pyridine rings is 1. The molecule has 0 spiro atoms. The van der Waals surface area contributed by atoms with E-state index in [2.05, 4.69) is 4.98 Å². The van der Waals surface area contributed by atoms with Gasteiger partial charge >= 0.3 is 0 Å². The number of likely N-dealkylation sites (tertiary alicyclic amines) is 1. The Morgan fingerprint density at radius 2 is 2.14 bits per heavy atom. The molecular weight excluding hydrogens is 302 g/mol. The topological polar surface area (TPSA) is 66.2 Å². The summed E-state index contributed by atoms with van der Waals surface area (Å²) in [6.45, 7) is 0.949. The zero-order chi connectivity index (χ0) is 15.5. The summed E-state index contributed by atoms with van der Waals surface area (Å²) in [5, 5.41) is 9.28. The van der Waals surface area contributed by atoms with E-state index in [4.69, 9.17) is 21.6 Å². The molecule has 2 aromatic rings. The Morgan fingerprint density at radius 1 is 1.36 bits per heavy atom. The molecule has 0 N–H and O–H groups in total. The predicted molar refractivity (Wildman–Crippen MR) is 80.7 cm³/mol. The first-order chi connectivity index (χ1) is 10.7. The van der Waals surface area contributed by atoms with Gasteiger partial charge in [0.25, 0.3) is 5.91 Å². The minimum Gasteiger partial charge on any atom is -0.471 e. The van der Waals surface area contributed by atoms with Crippen molar-refractivity contribution in [2.45, 2.75) is 6.10 Å². The van der Waals surface area contributed by atoms with Gasteiger partial charge in [0.2, 0.25) is 5.88 Å². The van der Waals surface area contributed by atoms with E-state index < -0.39 is 0 Å². The first-order valence-corrected chi connectivity index (χ1v) is 7.12. The summed E-state index contributed by atoms with van der Waals surface area (Å²) in [7, 11) is 0. The summed E-state index contributed by atoms with van der Waals surface area (Å²) >= 11 is 6.02. The minimum atomic E-state index is -0.118. The van der Waals surface area contributed by atoms with Crippen molar-refractivity contribution in [3.05, 3.63) is 58.7 Å². The molecular formula is C16H12ClN3O2. The van der Waals surface area contributed by atoms with E-state index >= 15 is 0 Å². The van der Waals surface area contributed by atoms with E-state index in [0.29, 0.717) is 35.1 Å². The van der Waals surface area contributed by atoms with Crippen molar-refractivity contribution < 1.29 is 9.53 Å². The van der Waals surface area contributed by atoms with Crippen LogP contribution in [0.3, 0.4) is 0 Å². The first kappa shape index (κ1) is 14.4. The van der Waals surface area contributed by atoms with Gasteiger partial charge in [-0.15, -0.1) is 0 Å². The third-order valence-corrected chi connectivity index (χ3v) is 3.72. The number of hydrogen-bond donors (Lipinski definition) is 0. The number of carbonyl (C=O) groups excluding carboxylic acids is 1. The van der Waals surface area contributed by atoms with Gasteiger partial charge in [-0.3, -0.25) is 4.79 Å². The fourth-order valence-corrected chi connectivity index (χ4v) is 2.41. The molecule has 110 valence electrons. The Labute approximate surface area is 132 Å². The Kier molecular flexibility index (Phi) is 3.94. The molecule has 3 rings (SSSR count). The van der Waals surface area contributed by atoms with Gasteiger partial charge in [-0.25, -0.2) is 4.98 Å². The Morgan fingerprint density at radius 3 is 2.86 bits per heavy atom. The van der Waals surface area contributed by atoms with Crippen LogP contribution < -0.4 is 4.74 Å². The molecule has 1 fully saturated rings. The van der Waals surface area contributed by atoms with E-state index in [0.717, 1.165) is 0 Å². The Bertz CT molecular complexity index is 751. The molecule has 5 nitrogen and oxygen atoms in total. The van der Waals surface area contributed by atoms with E-state index in [9.17, 15) is 4.79 Å². The van der Waals surface area contributed by atoms with Gasteiger partial charge in [0.15, 0.2) is 0 Å². The SMILES string of the molecule is N#Cc1ccnc(OC2CN(C(=O)c3ccccc3Cl)C2)c1. The summed E-state index contributed by atoms with van der Waals surface area (Å²) in [6, 6.07) is 12.2. The Balaban J connectivity index is 1.59. The summed E-state index contributed by atoms with van der Waals surface area (Å²) in [4.78, 5) is 18.0. The number of amides is 1. The minimum absolute atomic E-state index is 0.107. The molecule has 1 aliphatic rings. The second-order valence-electron chi connectivity index (χ2n) is 4.92. The van der Waals surface area contributed by atoms with Gasteiger partial charge < -0.3 is 9.64 Å². The number of carbonyl (C=O) groups is 1. The zero-order valence-corrected chi connectivity index (χ0v) is 12.3. The lowest BCUT2D eigenvalue weighted by molar-refractivity contribution is 0.0160. The molecule has 22 heavy (non-hydrogen) atoms. The van der Waals surface area contributed by atoms with Gasteiger partial charge in [-0.1, -0.05) is 23.7 Å². The zero-order valence-electron chi connectivity index (χ0n) is 11.6. The summed E-state index contributed by atoms with van der Waals surface area (Å²) < 4.78 is 5.65.